The monoisotopic (exact) mass is 444 g/mol. The molecular formula is C23H29ClN4O3. The molecule has 1 heterocycles. The quantitative estimate of drug-likeness (QED) is 0.555. The summed E-state index contributed by atoms with van der Waals surface area (Å²) in [5, 5.41) is 19.4. The molecule has 1 amide bonds. The average molecular weight is 445 g/mol. The molecule has 0 bridgehead atoms. The lowest BCUT2D eigenvalue weighted by molar-refractivity contribution is 0.0187. The molecule has 166 valence electrons. The summed E-state index contributed by atoms with van der Waals surface area (Å²) in [7, 11) is 0. The number of ether oxygens (including phenoxy) is 1. The van der Waals surface area contributed by atoms with Crippen LogP contribution in [0, 0.1) is 17.2 Å². The number of carbonyl (C=O) groups is 1. The van der Waals surface area contributed by atoms with Gasteiger partial charge in [0.1, 0.15) is 11.8 Å². The molecule has 1 aromatic heterocycles. The third-order valence-electron chi connectivity index (χ3n) is 4.86. The Morgan fingerprint density at radius 3 is 2.52 bits per heavy atom. The van der Waals surface area contributed by atoms with Gasteiger partial charge in [0.2, 0.25) is 5.28 Å². The van der Waals surface area contributed by atoms with E-state index in [1.165, 1.54) is 4.90 Å². The molecule has 8 heteroatoms. The van der Waals surface area contributed by atoms with Crippen molar-refractivity contribution >= 4 is 17.7 Å². The maximum absolute atomic E-state index is 11.8. The molecule has 1 atom stereocenters. The Morgan fingerprint density at radius 2 is 1.97 bits per heavy atom. The van der Waals surface area contributed by atoms with E-state index in [0.717, 1.165) is 5.56 Å². The topological polar surface area (TPSA) is 99.3 Å². The highest BCUT2D eigenvalue weighted by molar-refractivity contribution is 6.28. The summed E-state index contributed by atoms with van der Waals surface area (Å²) >= 11 is 5.85. The third-order valence-corrected chi connectivity index (χ3v) is 5.04. The highest BCUT2D eigenvalue weighted by Gasteiger charge is 2.39. The zero-order chi connectivity index (χ0) is 23.4. The standard InChI is InChI=1S/C23H29ClN4O3/c1-15(12-23(5,6)28(21(29)30)22(2,3)4)14-31-19-8-7-16(11-17(19)13-25)18-9-10-26-20(24)27-18/h7-11,15H,12,14H2,1-6H3,(H,29,30)/t15-/m0/s1. The second-order valence-electron chi connectivity index (χ2n) is 9.26. The normalized spacial score (nSPS) is 12.7. The Hall–Kier alpha value is -2.85. The number of halogens is 1. The minimum absolute atomic E-state index is 0.0612. The second-order valence-corrected chi connectivity index (χ2v) is 9.59. The predicted molar refractivity (Wildman–Crippen MR) is 120 cm³/mol. The van der Waals surface area contributed by atoms with Crippen LogP contribution < -0.4 is 4.74 Å². The van der Waals surface area contributed by atoms with Crippen LogP contribution in [0.15, 0.2) is 30.5 Å². The van der Waals surface area contributed by atoms with Gasteiger partial charge < -0.3 is 9.84 Å². The number of hydrogen-bond acceptors (Lipinski definition) is 5. The van der Waals surface area contributed by atoms with Gasteiger partial charge in [0.15, 0.2) is 0 Å². The van der Waals surface area contributed by atoms with Crippen molar-refractivity contribution in [2.24, 2.45) is 5.92 Å². The summed E-state index contributed by atoms with van der Waals surface area (Å²) in [6, 6.07) is 9.13. The van der Waals surface area contributed by atoms with Crippen molar-refractivity contribution in [2.45, 2.75) is 59.0 Å². The first-order chi connectivity index (χ1) is 14.3. The minimum atomic E-state index is -0.946. The van der Waals surface area contributed by atoms with E-state index in [0.29, 0.717) is 30.0 Å². The molecule has 0 unspecified atom stereocenters. The summed E-state index contributed by atoms with van der Waals surface area (Å²) in [5.74, 6) is 0.535. The fourth-order valence-electron chi connectivity index (χ4n) is 4.09. The van der Waals surface area contributed by atoms with Crippen LogP contribution in [0.5, 0.6) is 5.75 Å². The van der Waals surface area contributed by atoms with Gasteiger partial charge in [-0.15, -0.1) is 0 Å². The molecular weight excluding hydrogens is 416 g/mol. The van der Waals surface area contributed by atoms with E-state index in [2.05, 4.69) is 16.0 Å². The smallest absolute Gasteiger partial charge is 0.408 e. The summed E-state index contributed by atoms with van der Waals surface area (Å²) in [6.07, 6.45) is 1.22. The number of rotatable bonds is 7. The number of hydrogen-bond donors (Lipinski definition) is 1. The van der Waals surface area contributed by atoms with Gasteiger partial charge in [0, 0.05) is 22.8 Å². The number of aromatic nitrogens is 2. The maximum atomic E-state index is 11.8. The molecule has 2 rings (SSSR count). The van der Waals surface area contributed by atoms with Gasteiger partial charge in [0.05, 0.1) is 17.9 Å². The summed E-state index contributed by atoms with van der Waals surface area (Å²) < 4.78 is 5.93. The Bertz CT molecular complexity index is 980. The fraction of sp³-hybridized carbons (Fsp3) is 0.478. The maximum Gasteiger partial charge on any atom is 0.408 e. The molecule has 0 aliphatic heterocycles. The van der Waals surface area contributed by atoms with Crippen molar-refractivity contribution < 1.29 is 14.6 Å². The highest BCUT2D eigenvalue weighted by atomic mass is 35.5. The molecule has 1 aromatic carbocycles. The molecule has 31 heavy (non-hydrogen) atoms. The van der Waals surface area contributed by atoms with E-state index >= 15 is 0 Å². The van der Waals surface area contributed by atoms with Crippen LogP contribution in [0.25, 0.3) is 11.3 Å². The molecule has 0 spiro atoms. The van der Waals surface area contributed by atoms with E-state index in [1.807, 2.05) is 47.6 Å². The van der Waals surface area contributed by atoms with Gasteiger partial charge in [-0.3, -0.25) is 4.90 Å². The van der Waals surface area contributed by atoms with Crippen molar-refractivity contribution in [3.63, 3.8) is 0 Å². The molecule has 0 aliphatic rings. The number of nitriles is 1. The van der Waals surface area contributed by atoms with Crippen LogP contribution in [0.4, 0.5) is 4.79 Å². The lowest BCUT2D eigenvalue weighted by Gasteiger charge is -2.46. The van der Waals surface area contributed by atoms with Gasteiger partial charge in [-0.05, 0) is 82.8 Å². The Balaban J connectivity index is 2.12. The van der Waals surface area contributed by atoms with Crippen LogP contribution in [-0.4, -0.2) is 43.8 Å². The van der Waals surface area contributed by atoms with E-state index in [-0.39, 0.29) is 11.2 Å². The zero-order valence-electron chi connectivity index (χ0n) is 18.8. The van der Waals surface area contributed by atoms with Crippen molar-refractivity contribution in [2.75, 3.05) is 6.61 Å². The minimum Gasteiger partial charge on any atom is -0.492 e. The molecule has 2 aromatic rings. The Kier molecular flexibility index (Phi) is 7.50. The first-order valence-corrected chi connectivity index (χ1v) is 10.4. The number of nitrogens with zero attached hydrogens (tertiary/aromatic N) is 4. The largest absolute Gasteiger partial charge is 0.492 e. The van der Waals surface area contributed by atoms with E-state index in [4.69, 9.17) is 16.3 Å². The highest BCUT2D eigenvalue weighted by Crippen LogP contribution is 2.32. The van der Waals surface area contributed by atoms with E-state index in [1.54, 1.807) is 24.4 Å². The molecule has 7 nitrogen and oxygen atoms in total. The van der Waals surface area contributed by atoms with Crippen LogP contribution in [0.1, 0.15) is 53.5 Å². The van der Waals surface area contributed by atoms with Gasteiger partial charge in [-0.25, -0.2) is 14.8 Å². The average Bonchev–Trinajstić information content (AvgIpc) is 2.63. The molecule has 0 saturated carbocycles. The predicted octanol–water partition coefficient (Wildman–Crippen LogP) is 5.63. The van der Waals surface area contributed by atoms with Crippen molar-refractivity contribution in [3.05, 3.63) is 41.3 Å². The molecule has 1 N–H and O–H groups in total. The van der Waals surface area contributed by atoms with Crippen LogP contribution >= 0.6 is 11.6 Å². The van der Waals surface area contributed by atoms with E-state index in [9.17, 15) is 15.2 Å². The van der Waals surface area contributed by atoms with Gasteiger partial charge in [-0.1, -0.05) is 6.92 Å². The molecule has 0 fully saturated rings. The summed E-state index contributed by atoms with van der Waals surface area (Å²) in [4.78, 5) is 21.4. The summed E-state index contributed by atoms with van der Waals surface area (Å²) in [5.41, 5.74) is 0.643. The van der Waals surface area contributed by atoms with Crippen LogP contribution in [0.2, 0.25) is 5.28 Å². The van der Waals surface area contributed by atoms with Crippen LogP contribution in [0.3, 0.4) is 0 Å². The summed E-state index contributed by atoms with van der Waals surface area (Å²) in [6.45, 7) is 11.9. The fourth-order valence-corrected chi connectivity index (χ4v) is 4.23. The Labute approximate surface area is 188 Å². The zero-order valence-corrected chi connectivity index (χ0v) is 19.6. The van der Waals surface area contributed by atoms with E-state index < -0.39 is 17.2 Å². The van der Waals surface area contributed by atoms with Gasteiger partial charge in [-0.2, -0.15) is 5.26 Å². The number of amides is 1. The van der Waals surface area contributed by atoms with Crippen molar-refractivity contribution in [3.8, 4) is 23.1 Å². The second kappa shape index (κ2) is 9.52. The molecule has 0 radical (unpaired) electrons. The first kappa shape index (κ1) is 24.4. The molecule has 0 saturated heterocycles. The van der Waals surface area contributed by atoms with Crippen molar-refractivity contribution in [1.82, 2.24) is 14.9 Å². The first-order valence-electron chi connectivity index (χ1n) is 10.0. The van der Waals surface area contributed by atoms with Crippen molar-refractivity contribution in [1.29, 1.82) is 5.26 Å². The van der Waals surface area contributed by atoms with Gasteiger partial charge >= 0.3 is 6.09 Å². The van der Waals surface area contributed by atoms with Gasteiger partial charge in [0.25, 0.3) is 0 Å². The lowest BCUT2D eigenvalue weighted by Crippen LogP contribution is -2.57. The SMILES string of the molecule is C[C@H](COc1ccc(-c2ccnc(Cl)n2)cc1C#N)CC(C)(C)N(C(=O)O)C(C)(C)C. The number of carboxylic acid groups (broad SMARTS) is 1. The lowest BCUT2D eigenvalue weighted by atomic mass is 9.87. The third kappa shape index (κ3) is 6.31. The number of benzene rings is 1. The Morgan fingerprint density at radius 1 is 1.29 bits per heavy atom. The molecule has 0 aliphatic carbocycles. The van der Waals surface area contributed by atoms with Crippen LogP contribution in [-0.2, 0) is 0 Å².